The van der Waals surface area contributed by atoms with E-state index in [0.717, 1.165) is 5.39 Å². The third-order valence-corrected chi connectivity index (χ3v) is 1.56. The van der Waals surface area contributed by atoms with Crippen LogP contribution in [0.3, 0.4) is 0 Å². The summed E-state index contributed by atoms with van der Waals surface area (Å²) in [5.41, 5.74) is 6.64. The second-order valence-electron chi connectivity index (χ2n) is 2.37. The minimum Gasteiger partial charge on any atom is -0.508 e. The lowest BCUT2D eigenvalue weighted by Gasteiger charge is -1.95. The van der Waals surface area contributed by atoms with Gasteiger partial charge in [0.2, 0.25) is 0 Å². The van der Waals surface area contributed by atoms with Crippen LogP contribution in [0.4, 0.5) is 5.69 Å². The lowest BCUT2D eigenvalue weighted by molar-refractivity contribution is 0.476. The molecule has 0 aliphatic heterocycles. The summed E-state index contributed by atoms with van der Waals surface area (Å²) in [4.78, 5) is 0. The summed E-state index contributed by atoms with van der Waals surface area (Å²) in [5, 5.41) is 9.93. The molecule has 0 radical (unpaired) electrons. The van der Waals surface area contributed by atoms with E-state index in [1.165, 1.54) is 6.07 Å². The van der Waals surface area contributed by atoms with E-state index in [1.807, 2.05) is 0 Å². The molecule has 2 rings (SSSR count). The normalized spacial score (nSPS) is 10.5. The third-order valence-electron chi connectivity index (χ3n) is 1.56. The van der Waals surface area contributed by atoms with Gasteiger partial charge in [0.05, 0.1) is 12.0 Å². The van der Waals surface area contributed by atoms with Gasteiger partial charge >= 0.3 is 0 Å². The van der Waals surface area contributed by atoms with Crippen LogP contribution in [0.2, 0.25) is 0 Å². The number of hydrogen-bond acceptors (Lipinski definition) is 3. The maximum atomic E-state index is 9.11. The lowest BCUT2D eigenvalue weighted by Crippen LogP contribution is -1.83. The number of aromatic hydroxyl groups is 1. The first kappa shape index (κ1) is 6.09. The fourth-order valence-corrected chi connectivity index (χ4v) is 1.09. The summed E-state index contributed by atoms with van der Waals surface area (Å²) in [7, 11) is 0. The van der Waals surface area contributed by atoms with Crippen molar-refractivity contribution in [3.63, 3.8) is 0 Å². The minimum atomic E-state index is 0.163. The highest BCUT2D eigenvalue weighted by atomic mass is 16.3. The van der Waals surface area contributed by atoms with Crippen LogP contribution in [0, 0.1) is 0 Å². The summed E-state index contributed by atoms with van der Waals surface area (Å²) in [6, 6.07) is 4.83. The quantitative estimate of drug-likeness (QED) is 0.560. The number of rotatable bonds is 0. The summed E-state index contributed by atoms with van der Waals surface area (Å²) in [6.07, 6.45) is 1.54. The first-order valence-electron chi connectivity index (χ1n) is 3.23. The van der Waals surface area contributed by atoms with Gasteiger partial charge in [0.1, 0.15) is 5.75 Å². The van der Waals surface area contributed by atoms with Gasteiger partial charge in [0, 0.05) is 11.5 Å². The van der Waals surface area contributed by atoms with Crippen LogP contribution in [-0.4, -0.2) is 5.11 Å². The molecule has 3 nitrogen and oxygen atoms in total. The molecule has 0 saturated carbocycles. The second-order valence-corrected chi connectivity index (χ2v) is 2.37. The molecule has 0 atom stereocenters. The predicted molar refractivity (Wildman–Crippen MR) is 42.3 cm³/mol. The number of furan rings is 1. The highest BCUT2D eigenvalue weighted by Gasteiger charge is 2.02. The number of anilines is 1. The fraction of sp³-hybridized carbons (Fsp3) is 0. The molecular weight excluding hydrogens is 142 g/mol. The Bertz CT molecular complexity index is 392. The summed E-state index contributed by atoms with van der Waals surface area (Å²) >= 11 is 0. The number of benzene rings is 1. The molecule has 0 unspecified atom stereocenters. The van der Waals surface area contributed by atoms with Crippen LogP contribution in [0.25, 0.3) is 11.0 Å². The molecule has 0 bridgehead atoms. The van der Waals surface area contributed by atoms with E-state index >= 15 is 0 Å². The molecule has 3 N–H and O–H groups in total. The Balaban J connectivity index is 2.91. The van der Waals surface area contributed by atoms with E-state index in [0.29, 0.717) is 11.3 Å². The van der Waals surface area contributed by atoms with Crippen LogP contribution < -0.4 is 5.73 Å². The van der Waals surface area contributed by atoms with E-state index in [9.17, 15) is 0 Å². The van der Waals surface area contributed by atoms with Crippen LogP contribution in [0.5, 0.6) is 5.75 Å². The molecule has 0 aliphatic carbocycles. The zero-order valence-corrected chi connectivity index (χ0v) is 5.74. The maximum absolute atomic E-state index is 9.11. The summed E-state index contributed by atoms with van der Waals surface area (Å²) in [6.45, 7) is 0. The van der Waals surface area contributed by atoms with Crippen molar-refractivity contribution in [2.24, 2.45) is 0 Å². The molecule has 56 valence electrons. The molecule has 0 amide bonds. The highest BCUT2D eigenvalue weighted by Crippen LogP contribution is 2.26. The van der Waals surface area contributed by atoms with Crippen molar-refractivity contribution in [1.29, 1.82) is 0 Å². The lowest BCUT2D eigenvalue weighted by atomic mass is 10.2. The Kier molecular flexibility index (Phi) is 1.06. The Labute approximate surface area is 63.0 Å². The number of hydrogen-bond donors (Lipinski definition) is 2. The first-order valence-corrected chi connectivity index (χ1v) is 3.23. The van der Waals surface area contributed by atoms with Gasteiger partial charge in [-0.3, -0.25) is 0 Å². The van der Waals surface area contributed by atoms with Gasteiger partial charge in [-0.15, -0.1) is 0 Å². The maximum Gasteiger partial charge on any atom is 0.156 e. The van der Waals surface area contributed by atoms with Crippen molar-refractivity contribution in [1.82, 2.24) is 0 Å². The molecule has 0 spiro atoms. The Morgan fingerprint density at radius 2 is 2.18 bits per heavy atom. The molecular formula is C8H7NO2. The van der Waals surface area contributed by atoms with E-state index < -0.39 is 0 Å². The Morgan fingerprint density at radius 3 is 3.00 bits per heavy atom. The van der Waals surface area contributed by atoms with Gasteiger partial charge in [0.25, 0.3) is 0 Å². The van der Waals surface area contributed by atoms with Crippen molar-refractivity contribution in [2.45, 2.75) is 0 Å². The molecule has 1 heterocycles. The number of nitrogens with two attached hydrogens (primary N) is 1. The summed E-state index contributed by atoms with van der Waals surface area (Å²) in [5.74, 6) is 0.163. The third kappa shape index (κ3) is 0.816. The molecule has 2 aromatic rings. The van der Waals surface area contributed by atoms with Crippen molar-refractivity contribution in [2.75, 3.05) is 5.73 Å². The van der Waals surface area contributed by atoms with Gasteiger partial charge in [0.15, 0.2) is 5.58 Å². The van der Waals surface area contributed by atoms with E-state index in [4.69, 9.17) is 15.3 Å². The number of nitrogen functional groups attached to an aromatic ring is 1. The van der Waals surface area contributed by atoms with E-state index in [2.05, 4.69) is 0 Å². The van der Waals surface area contributed by atoms with Gasteiger partial charge in [-0.1, -0.05) is 0 Å². The van der Waals surface area contributed by atoms with Gasteiger partial charge in [-0.25, -0.2) is 0 Å². The minimum absolute atomic E-state index is 0.163. The van der Waals surface area contributed by atoms with Gasteiger partial charge in [-0.2, -0.15) is 0 Å². The Morgan fingerprint density at radius 1 is 1.36 bits per heavy atom. The predicted octanol–water partition coefficient (Wildman–Crippen LogP) is 1.72. The molecule has 0 fully saturated rings. The fourth-order valence-electron chi connectivity index (χ4n) is 1.09. The molecule has 0 saturated heterocycles. The average molecular weight is 149 g/mol. The SMILES string of the molecule is Nc1cc(O)cc2ccoc12. The number of fused-ring (bicyclic) bond motifs is 1. The largest absolute Gasteiger partial charge is 0.508 e. The van der Waals surface area contributed by atoms with Crippen molar-refractivity contribution >= 4 is 16.7 Å². The molecule has 0 aliphatic rings. The number of phenols is 1. The second kappa shape index (κ2) is 1.92. The van der Waals surface area contributed by atoms with Crippen LogP contribution in [0.1, 0.15) is 0 Å². The van der Waals surface area contributed by atoms with E-state index in [-0.39, 0.29) is 5.75 Å². The van der Waals surface area contributed by atoms with Gasteiger partial charge in [-0.05, 0) is 12.1 Å². The van der Waals surface area contributed by atoms with Crippen LogP contribution in [0.15, 0.2) is 28.9 Å². The van der Waals surface area contributed by atoms with Crippen molar-refractivity contribution < 1.29 is 9.52 Å². The zero-order chi connectivity index (χ0) is 7.84. The molecule has 1 aromatic carbocycles. The van der Waals surface area contributed by atoms with Gasteiger partial charge < -0.3 is 15.3 Å². The smallest absolute Gasteiger partial charge is 0.156 e. The van der Waals surface area contributed by atoms with Crippen LogP contribution >= 0.6 is 0 Å². The molecule has 11 heavy (non-hydrogen) atoms. The highest BCUT2D eigenvalue weighted by molar-refractivity contribution is 5.89. The molecule has 3 heteroatoms. The monoisotopic (exact) mass is 149 g/mol. The number of phenolic OH excluding ortho intramolecular Hbond substituents is 1. The zero-order valence-electron chi connectivity index (χ0n) is 5.74. The molecule has 1 aromatic heterocycles. The Hall–Kier alpha value is -1.64. The summed E-state index contributed by atoms with van der Waals surface area (Å²) < 4.78 is 5.07. The standard InChI is InChI=1S/C8H7NO2/c9-7-4-6(10)3-5-1-2-11-8(5)7/h1-4,10H,9H2. The topological polar surface area (TPSA) is 59.4 Å². The van der Waals surface area contributed by atoms with Crippen molar-refractivity contribution in [3.05, 3.63) is 24.5 Å². The van der Waals surface area contributed by atoms with E-state index in [1.54, 1.807) is 18.4 Å². The van der Waals surface area contributed by atoms with Crippen LogP contribution in [-0.2, 0) is 0 Å². The first-order chi connectivity index (χ1) is 5.27. The van der Waals surface area contributed by atoms with Crippen molar-refractivity contribution in [3.8, 4) is 5.75 Å². The average Bonchev–Trinajstić information content (AvgIpc) is 2.34.